The average Bonchev–Trinajstić information content (AvgIpc) is 2.68. The second kappa shape index (κ2) is 5.20. The Balaban J connectivity index is 2.18. The molecule has 2 heterocycles. The smallest absolute Gasteiger partial charge is 0.378 e. The van der Waals surface area contributed by atoms with Gasteiger partial charge >= 0.3 is 6.18 Å². The molecule has 0 amide bonds. The Labute approximate surface area is 115 Å². The highest BCUT2D eigenvalue weighted by atomic mass is 79.9. The van der Waals surface area contributed by atoms with Gasteiger partial charge < -0.3 is 5.32 Å². The van der Waals surface area contributed by atoms with Crippen LogP contribution >= 0.6 is 15.9 Å². The number of aromatic nitrogens is 3. The SMILES string of the molecule is Cn1ncc(C(F)(F)F)c1CNc1cncc(Br)c1. The molecule has 0 saturated heterocycles. The fraction of sp³-hybridized carbons (Fsp3) is 0.273. The summed E-state index contributed by atoms with van der Waals surface area (Å²) in [7, 11) is 1.48. The van der Waals surface area contributed by atoms with Crippen molar-refractivity contribution in [3.63, 3.8) is 0 Å². The lowest BCUT2D eigenvalue weighted by Crippen LogP contribution is -2.13. The zero-order valence-electron chi connectivity index (χ0n) is 9.87. The quantitative estimate of drug-likeness (QED) is 0.937. The van der Waals surface area contributed by atoms with Gasteiger partial charge in [0.25, 0.3) is 0 Å². The van der Waals surface area contributed by atoms with Crippen LogP contribution in [-0.2, 0) is 19.8 Å². The molecule has 2 rings (SSSR count). The second-order valence-electron chi connectivity index (χ2n) is 3.87. The lowest BCUT2D eigenvalue weighted by Gasteiger charge is -2.11. The molecule has 0 spiro atoms. The van der Waals surface area contributed by atoms with Gasteiger partial charge in [0, 0.05) is 17.7 Å². The Morgan fingerprint density at radius 2 is 2.05 bits per heavy atom. The Bertz CT molecular complexity index is 580. The van der Waals surface area contributed by atoms with Gasteiger partial charge in [0.15, 0.2) is 0 Å². The first-order chi connectivity index (χ1) is 8.88. The summed E-state index contributed by atoms with van der Waals surface area (Å²) in [6, 6.07) is 1.73. The molecule has 2 aromatic rings. The first kappa shape index (κ1) is 13.9. The minimum Gasteiger partial charge on any atom is -0.378 e. The van der Waals surface area contributed by atoms with E-state index in [9.17, 15) is 13.2 Å². The van der Waals surface area contributed by atoms with E-state index in [1.807, 2.05) is 0 Å². The summed E-state index contributed by atoms with van der Waals surface area (Å²) in [4.78, 5) is 3.92. The van der Waals surface area contributed by atoms with Crippen LogP contribution in [0.1, 0.15) is 11.3 Å². The zero-order chi connectivity index (χ0) is 14.0. The number of hydrogen-bond donors (Lipinski definition) is 1. The lowest BCUT2D eigenvalue weighted by molar-refractivity contribution is -0.138. The molecule has 0 fully saturated rings. The van der Waals surface area contributed by atoms with E-state index in [4.69, 9.17) is 0 Å². The monoisotopic (exact) mass is 334 g/mol. The van der Waals surface area contributed by atoms with E-state index in [2.05, 4.69) is 31.3 Å². The third kappa shape index (κ3) is 3.25. The molecule has 0 aliphatic rings. The topological polar surface area (TPSA) is 42.7 Å². The van der Waals surface area contributed by atoms with Crippen LogP contribution in [0, 0.1) is 0 Å². The molecular formula is C11H10BrF3N4. The first-order valence-electron chi connectivity index (χ1n) is 5.30. The van der Waals surface area contributed by atoms with E-state index >= 15 is 0 Å². The van der Waals surface area contributed by atoms with Gasteiger partial charge in [-0.2, -0.15) is 18.3 Å². The minimum absolute atomic E-state index is 0.0173. The minimum atomic E-state index is -4.40. The maximum Gasteiger partial charge on any atom is 0.419 e. The van der Waals surface area contributed by atoms with E-state index in [1.54, 1.807) is 12.3 Å². The number of aryl methyl sites for hydroxylation is 1. The van der Waals surface area contributed by atoms with Crippen molar-refractivity contribution in [2.45, 2.75) is 12.7 Å². The molecule has 0 atom stereocenters. The molecule has 19 heavy (non-hydrogen) atoms. The van der Waals surface area contributed by atoms with Gasteiger partial charge in [-0.15, -0.1) is 0 Å². The maximum absolute atomic E-state index is 12.8. The molecule has 0 aromatic carbocycles. The number of nitrogens with zero attached hydrogens (tertiary/aromatic N) is 3. The molecule has 0 radical (unpaired) electrons. The van der Waals surface area contributed by atoms with Crippen molar-refractivity contribution in [2.75, 3.05) is 5.32 Å². The first-order valence-corrected chi connectivity index (χ1v) is 6.09. The molecule has 0 unspecified atom stereocenters. The van der Waals surface area contributed by atoms with Gasteiger partial charge in [0.2, 0.25) is 0 Å². The van der Waals surface area contributed by atoms with Crippen LogP contribution in [0.3, 0.4) is 0 Å². The normalized spacial score (nSPS) is 11.6. The van der Waals surface area contributed by atoms with Crippen molar-refractivity contribution in [1.29, 1.82) is 0 Å². The van der Waals surface area contributed by atoms with E-state index < -0.39 is 11.7 Å². The molecule has 8 heteroatoms. The largest absolute Gasteiger partial charge is 0.419 e. The summed E-state index contributed by atoms with van der Waals surface area (Å²) < 4.78 is 40.2. The molecule has 102 valence electrons. The summed E-state index contributed by atoms with van der Waals surface area (Å²) >= 11 is 3.24. The van der Waals surface area contributed by atoms with E-state index in [-0.39, 0.29) is 12.2 Å². The predicted molar refractivity (Wildman–Crippen MR) is 67.5 cm³/mol. The van der Waals surface area contributed by atoms with Gasteiger partial charge in [-0.1, -0.05) is 0 Å². The van der Waals surface area contributed by atoms with E-state index in [1.165, 1.54) is 17.9 Å². The highest BCUT2D eigenvalue weighted by Gasteiger charge is 2.35. The van der Waals surface area contributed by atoms with Crippen LogP contribution in [0.25, 0.3) is 0 Å². The van der Waals surface area contributed by atoms with Crippen LogP contribution in [0.4, 0.5) is 18.9 Å². The summed E-state index contributed by atoms with van der Waals surface area (Å²) in [6.07, 6.45) is -0.443. The number of nitrogens with one attached hydrogen (secondary N) is 1. The second-order valence-corrected chi connectivity index (χ2v) is 4.79. The molecule has 0 bridgehead atoms. The maximum atomic E-state index is 12.8. The summed E-state index contributed by atoms with van der Waals surface area (Å²) in [6.45, 7) is 0.0173. The van der Waals surface area contributed by atoms with Gasteiger partial charge in [-0.3, -0.25) is 9.67 Å². The molecule has 0 aliphatic heterocycles. The average molecular weight is 335 g/mol. The van der Waals surface area contributed by atoms with Gasteiger partial charge in [-0.05, 0) is 22.0 Å². The lowest BCUT2D eigenvalue weighted by atomic mass is 10.2. The van der Waals surface area contributed by atoms with Gasteiger partial charge in [0.1, 0.15) is 0 Å². The third-order valence-electron chi connectivity index (χ3n) is 2.53. The summed E-state index contributed by atoms with van der Waals surface area (Å²) in [5.74, 6) is 0. The Morgan fingerprint density at radius 3 is 2.68 bits per heavy atom. The molecule has 0 aliphatic carbocycles. The predicted octanol–water partition coefficient (Wildman–Crippen LogP) is 3.21. The third-order valence-corrected chi connectivity index (χ3v) is 2.97. The van der Waals surface area contributed by atoms with Crippen molar-refractivity contribution < 1.29 is 13.2 Å². The number of halogens is 4. The van der Waals surface area contributed by atoms with Crippen LogP contribution in [0.15, 0.2) is 29.1 Å². The number of alkyl halides is 3. The highest BCUT2D eigenvalue weighted by Crippen LogP contribution is 2.31. The van der Waals surface area contributed by atoms with Crippen molar-refractivity contribution in [2.24, 2.45) is 7.05 Å². The van der Waals surface area contributed by atoms with Crippen LogP contribution in [0.5, 0.6) is 0 Å². The standard InChI is InChI=1S/C11H10BrF3N4/c1-19-10(9(5-18-19)11(13,14)15)6-17-8-2-7(12)3-16-4-8/h2-5,17H,6H2,1H3. The van der Waals surface area contributed by atoms with Crippen molar-refractivity contribution in [1.82, 2.24) is 14.8 Å². The number of rotatable bonds is 3. The van der Waals surface area contributed by atoms with Crippen LogP contribution < -0.4 is 5.32 Å². The fourth-order valence-electron chi connectivity index (χ4n) is 1.60. The number of pyridine rings is 1. The Hall–Kier alpha value is -1.57. The van der Waals surface area contributed by atoms with Crippen molar-refractivity contribution >= 4 is 21.6 Å². The van der Waals surface area contributed by atoms with Crippen LogP contribution in [-0.4, -0.2) is 14.8 Å². The van der Waals surface area contributed by atoms with Gasteiger partial charge in [-0.25, -0.2) is 0 Å². The number of anilines is 1. The van der Waals surface area contributed by atoms with E-state index in [0.29, 0.717) is 5.69 Å². The fourth-order valence-corrected chi connectivity index (χ4v) is 1.97. The van der Waals surface area contributed by atoms with Crippen molar-refractivity contribution in [3.8, 4) is 0 Å². The molecule has 1 N–H and O–H groups in total. The Kier molecular flexibility index (Phi) is 3.79. The van der Waals surface area contributed by atoms with Gasteiger partial charge in [0.05, 0.1) is 35.9 Å². The van der Waals surface area contributed by atoms with Crippen molar-refractivity contribution in [3.05, 3.63) is 40.4 Å². The highest BCUT2D eigenvalue weighted by molar-refractivity contribution is 9.10. The molecule has 2 aromatic heterocycles. The Morgan fingerprint density at radius 1 is 1.32 bits per heavy atom. The summed E-state index contributed by atoms with van der Waals surface area (Å²) in [5, 5.41) is 6.53. The summed E-state index contributed by atoms with van der Waals surface area (Å²) in [5.41, 5.74) is -0.0263. The molecule has 0 saturated carbocycles. The zero-order valence-corrected chi connectivity index (χ0v) is 11.5. The molecule has 4 nitrogen and oxygen atoms in total. The van der Waals surface area contributed by atoms with E-state index in [0.717, 1.165) is 10.7 Å². The molecular weight excluding hydrogens is 325 g/mol. The number of hydrogen-bond acceptors (Lipinski definition) is 3. The van der Waals surface area contributed by atoms with Crippen LogP contribution in [0.2, 0.25) is 0 Å².